The van der Waals surface area contributed by atoms with Crippen LogP contribution in [-0.4, -0.2) is 53.8 Å². The van der Waals surface area contributed by atoms with Crippen molar-refractivity contribution < 1.29 is 18.0 Å². The molecule has 8 nitrogen and oxygen atoms in total. The second-order valence-electron chi connectivity index (χ2n) is 8.43. The lowest BCUT2D eigenvalue weighted by Gasteiger charge is -2.44. The van der Waals surface area contributed by atoms with E-state index in [1.165, 1.54) is 27.9 Å². The van der Waals surface area contributed by atoms with Crippen LogP contribution in [0.3, 0.4) is 0 Å². The van der Waals surface area contributed by atoms with Crippen molar-refractivity contribution in [3.8, 4) is 0 Å². The highest BCUT2D eigenvalue weighted by Gasteiger charge is 2.48. The lowest BCUT2D eigenvalue weighted by Crippen LogP contribution is -2.57. The van der Waals surface area contributed by atoms with Crippen molar-refractivity contribution in [2.45, 2.75) is 37.1 Å². The van der Waals surface area contributed by atoms with Gasteiger partial charge in [0.05, 0.1) is 4.75 Å². The maximum Gasteiger partial charge on any atom is 0.270 e. The third-order valence-electron chi connectivity index (χ3n) is 6.42. The van der Waals surface area contributed by atoms with Crippen molar-refractivity contribution in [2.24, 2.45) is 0 Å². The molecule has 0 atom stereocenters. The molecule has 170 valence electrons. The van der Waals surface area contributed by atoms with Gasteiger partial charge in [0, 0.05) is 37.5 Å². The maximum atomic E-state index is 13.0. The molecular formula is C22H24ClN3O5S. The first-order valence-corrected chi connectivity index (χ1v) is 12.6. The minimum absolute atomic E-state index is 0.0458. The van der Waals surface area contributed by atoms with Gasteiger partial charge in [0.1, 0.15) is 11.3 Å². The highest BCUT2D eigenvalue weighted by atomic mass is 35.5. The molecule has 0 saturated heterocycles. The number of hydrogen-bond acceptors (Lipinski definition) is 5. The van der Waals surface area contributed by atoms with Crippen molar-refractivity contribution >= 4 is 33.3 Å². The predicted octanol–water partition coefficient (Wildman–Crippen LogP) is 1.85. The van der Waals surface area contributed by atoms with Crippen LogP contribution in [0.4, 0.5) is 0 Å². The Bertz CT molecular complexity index is 1230. The number of nitrogens with one attached hydrogen (secondary N) is 1. The fraction of sp³-hybridized carbons (Fsp3) is 0.409. The minimum Gasteiger partial charge on any atom is -0.348 e. The van der Waals surface area contributed by atoms with Gasteiger partial charge in [0.25, 0.3) is 17.4 Å². The lowest BCUT2D eigenvalue weighted by molar-refractivity contribution is 0.0651. The molecule has 1 aliphatic heterocycles. The number of rotatable bonds is 6. The van der Waals surface area contributed by atoms with Crippen LogP contribution in [0, 0.1) is 0 Å². The highest BCUT2D eigenvalue weighted by molar-refractivity contribution is 7.92. The van der Waals surface area contributed by atoms with E-state index in [4.69, 9.17) is 11.6 Å². The number of benzene rings is 1. The van der Waals surface area contributed by atoms with Crippen LogP contribution in [0.5, 0.6) is 0 Å². The van der Waals surface area contributed by atoms with Crippen molar-refractivity contribution in [1.82, 2.24) is 14.8 Å². The summed E-state index contributed by atoms with van der Waals surface area (Å²) in [6.45, 7) is 0.788. The molecule has 1 aromatic heterocycles. The quantitative estimate of drug-likeness (QED) is 0.683. The first-order valence-electron chi connectivity index (χ1n) is 10.4. The van der Waals surface area contributed by atoms with Crippen LogP contribution in [0.15, 0.2) is 41.2 Å². The first kappa shape index (κ1) is 22.5. The number of aromatic nitrogens is 1. The molecule has 0 spiro atoms. The Balaban J connectivity index is 1.50. The number of hydrogen-bond donors (Lipinski definition) is 1. The third kappa shape index (κ3) is 4.06. The molecule has 2 aromatic rings. The summed E-state index contributed by atoms with van der Waals surface area (Å²) in [7, 11) is -3.31. The van der Waals surface area contributed by atoms with E-state index in [9.17, 15) is 22.8 Å². The van der Waals surface area contributed by atoms with Crippen molar-refractivity contribution in [3.05, 3.63) is 68.6 Å². The standard InChI is InChI=1S/C22H24ClN3O5S/c1-32(30,31)22(9-2-10-22)14-25-11-12-26-18(21(25)29)8-7-17(20(26)28)19(27)24-13-15-3-5-16(23)6-4-15/h3-8H,2,9-14H2,1H3,(H,24,27). The first-order chi connectivity index (χ1) is 15.1. The van der Waals surface area contributed by atoms with E-state index in [-0.39, 0.29) is 37.4 Å². The van der Waals surface area contributed by atoms with E-state index < -0.39 is 32.0 Å². The van der Waals surface area contributed by atoms with E-state index in [0.717, 1.165) is 12.0 Å². The normalized spacial score (nSPS) is 17.4. The molecule has 2 heterocycles. The van der Waals surface area contributed by atoms with Crippen LogP contribution in [0.25, 0.3) is 0 Å². The molecule has 32 heavy (non-hydrogen) atoms. The largest absolute Gasteiger partial charge is 0.348 e. The van der Waals surface area contributed by atoms with Crippen LogP contribution in [-0.2, 0) is 22.9 Å². The van der Waals surface area contributed by atoms with Gasteiger partial charge in [-0.05, 0) is 42.7 Å². The molecule has 1 aliphatic carbocycles. The summed E-state index contributed by atoms with van der Waals surface area (Å²) in [6, 6.07) is 9.79. The number of carbonyl (C=O) groups is 2. The van der Waals surface area contributed by atoms with Crippen LogP contribution >= 0.6 is 11.6 Å². The highest BCUT2D eigenvalue weighted by Crippen LogP contribution is 2.40. The Hall–Kier alpha value is -2.65. The van der Waals surface area contributed by atoms with Crippen molar-refractivity contribution in [3.63, 3.8) is 0 Å². The van der Waals surface area contributed by atoms with Gasteiger partial charge < -0.3 is 14.8 Å². The molecule has 4 rings (SSSR count). The van der Waals surface area contributed by atoms with Gasteiger partial charge in [-0.1, -0.05) is 30.2 Å². The minimum atomic E-state index is -3.31. The molecule has 0 bridgehead atoms. The number of sulfone groups is 1. The van der Waals surface area contributed by atoms with E-state index in [1.807, 2.05) is 0 Å². The Morgan fingerprint density at radius 2 is 1.78 bits per heavy atom. The number of amides is 2. The molecule has 1 fully saturated rings. The predicted molar refractivity (Wildman–Crippen MR) is 121 cm³/mol. The Labute approximate surface area is 191 Å². The van der Waals surface area contributed by atoms with E-state index in [2.05, 4.69) is 5.32 Å². The lowest BCUT2D eigenvalue weighted by atomic mass is 9.83. The molecule has 0 radical (unpaired) electrons. The Morgan fingerprint density at radius 1 is 1.09 bits per heavy atom. The van der Waals surface area contributed by atoms with E-state index >= 15 is 0 Å². The second-order valence-corrected chi connectivity index (χ2v) is 11.3. The number of halogens is 1. The molecular weight excluding hydrogens is 454 g/mol. The average molecular weight is 478 g/mol. The number of fused-ring (bicyclic) bond motifs is 1. The summed E-state index contributed by atoms with van der Waals surface area (Å²) in [4.78, 5) is 40.0. The van der Waals surface area contributed by atoms with Crippen LogP contribution in [0.1, 0.15) is 45.7 Å². The van der Waals surface area contributed by atoms with Crippen LogP contribution in [0.2, 0.25) is 5.02 Å². The number of pyridine rings is 1. The molecule has 1 aromatic carbocycles. The molecule has 2 amide bonds. The van der Waals surface area contributed by atoms with E-state index in [1.54, 1.807) is 24.3 Å². The van der Waals surface area contributed by atoms with Gasteiger partial charge in [-0.25, -0.2) is 8.42 Å². The van der Waals surface area contributed by atoms with Crippen LogP contribution < -0.4 is 10.9 Å². The zero-order valence-electron chi connectivity index (χ0n) is 17.6. The number of carbonyl (C=O) groups excluding carboxylic acids is 2. The molecule has 0 unspecified atom stereocenters. The molecule has 1 saturated carbocycles. The summed E-state index contributed by atoms with van der Waals surface area (Å²) < 4.78 is 24.9. The fourth-order valence-electron chi connectivity index (χ4n) is 4.24. The van der Waals surface area contributed by atoms with Gasteiger partial charge >= 0.3 is 0 Å². The summed E-state index contributed by atoms with van der Waals surface area (Å²) in [5.41, 5.74) is 0.419. The summed E-state index contributed by atoms with van der Waals surface area (Å²) in [5.74, 6) is -0.919. The monoisotopic (exact) mass is 477 g/mol. The second kappa shape index (κ2) is 8.37. The molecule has 2 aliphatic rings. The summed E-state index contributed by atoms with van der Waals surface area (Å²) in [6.07, 6.45) is 3.11. The average Bonchev–Trinajstić information content (AvgIpc) is 2.71. The van der Waals surface area contributed by atoms with Gasteiger partial charge in [0.2, 0.25) is 0 Å². The third-order valence-corrected chi connectivity index (χ3v) is 8.78. The molecule has 1 N–H and O–H groups in total. The van der Waals surface area contributed by atoms with E-state index in [0.29, 0.717) is 17.9 Å². The number of nitrogens with zero attached hydrogens (tertiary/aromatic N) is 2. The maximum absolute atomic E-state index is 13.0. The Morgan fingerprint density at radius 3 is 2.38 bits per heavy atom. The molecule has 10 heteroatoms. The van der Waals surface area contributed by atoms with Gasteiger partial charge in [0.15, 0.2) is 9.84 Å². The van der Waals surface area contributed by atoms with Gasteiger partial charge in [-0.15, -0.1) is 0 Å². The van der Waals surface area contributed by atoms with Gasteiger partial charge in [-0.3, -0.25) is 14.4 Å². The zero-order chi connectivity index (χ0) is 23.1. The fourth-order valence-corrected chi connectivity index (χ4v) is 5.79. The summed E-state index contributed by atoms with van der Waals surface area (Å²) in [5, 5.41) is 3.30. The van der Waals surface area contributed by atoms with Crippen molar-refractivity contribution in [1.29, 1.82) is 0 Å². The SMILES string of the molecule is CS(=O)(=O)C1(CN2CCn3c(ccc(C(=O)NCc4ccc(Cl)cc4)c3=O)C2=O)CCC1. The van der Waals surface area contributed by atoms with Crippen molar-refractivity contribution in [2.75, 3.05) is 19.3 Å². The zero-order valence-corrected chi connectivity index (χ0v) is 19.2. The smallest absolute Gasteiger partial charge is 0.270 e. The summed E-state index contributed by atoms with van der Waals surface area (Å²) >= 11 is 5.86. The van der Waals surface area contributed by atoms with Gasteiger partial charge in [-0.2, -0.15) is 0 Å². The topological polar surface area (TPSA) is 106 Å². The Kier molecular flexibility index (Phi) is 5.89.